The molecule has 3 nitrogen and oxygen atoms in total. The lowest BCUT2D eigenvalue weighted by atomic mass is 9.97. The molecule has 0 bridgehead atoms. The van der Waals surface area contributed by atoms with E-state index in [1.807, 2.05) is 26.0 Å². The smallest absolute Gasteiger partial charge is 0.193 e. The van der Waals surface area contributed by atoms with Gasteiger partial charge in [0.25, 0.3) is 0 Å². The summed E-state index contributed by atoms with van der Waals surface area (Å²) in [4.78, 5) is 12.2. The normalized spacial score (nSPS) is 10.3. The molecular formula is C15H14O3. The van der Waals surface area contributed by atoms with Gasteiger partial charge in [-0.2, -0.15) is 0 Å². The highest BCUT2D eigenvalue weighted by molar-refractivity contribution is 6.10. The van der Waals surface area contributed by atoms with Crippen molar-refractivity contribution in [1.29, 1.82) is 0 Å². The number of phenols is 2. The Labute approximate surface area is 105 Å². The molecule has 2 aromatic rings. The van der Waals surface area contributed by atoms with Crippen molar-refractivity contribution in [2.75, 3.05) is 0 Å². The zero-order valence-corrected chi connectivity index (χ0v) is 10.3. The Morgan fingerprint density at radius 3 is 2.28 bits per heavy atom. The van der Waals surface area contributed by atoms with Crippen LogP contribution in [0.5, 0.6) is 11.5 Å². The summed E-state index contributed by atoms with van der Waals surface area (Å²) in [6.07, 6.45) is 0. The molecule has 0 spiro atoms. The first-order chi connectivity index (χ1) is 8.49. The SMILES string of the molecule is Cc1ccc(C(=O)c2ccc(O)c(O)c2)c(C)c1. The van der Waals surface area contributed by atoms with E-state index < -0.39 is 0 Å². The molecule has 0 aliphatic carbocycles. The average Bonchev–Trinajstić information content (AvgIpc) is 2.32. The maximum Gasteiger partial charge on any atom is 0.193 e. The maximum absolute atomic E-state index is 12.2. The van der Waals surface area contributed by atoms with Gasteiger partial charge in [-0.25, -0.2) is 0 Å². The Hall–Kier alpha value is -2.29. The fraction of sp³-hybridized carbons (Fsp3) is 0.133. The van der Waals surface area contributed by atoms with Gasteiger partial charge in [0.2, 0.25) is 0 Å². The zero-order valence-electron chi connectivity index (χ0n) is 10.3. The van der Waals surface area contributed by atoms with Gasteiger partial charge in [-0.1, -0.05) is 23.8 Å². The standard InChI is InChI=1S/C15H14O3/c1-9-3-5-12(10(2)7-9)15(18)11-4-6-13(16)14(17)8-11/h3-8,16-17H,1-2H3. The molecule has 0 amide bonds. The van der Waals surface area contributed by atoms with Crippen molar-refractivity contribution in [2.45, 2.75) is 13.8 Å². The van der Waals surface area contributed by atoms with Gasteiger partial charge in [0.05, 0.1) is 0 Å². The Kier molecular flexibility index (Phi) is 3.06. The first kappa shape index (κ1) is 12.2. The molecule has 0 saturated heterocycles. The maximum atomic E-state index is 12.2. The van der Waals surface area contributed by atoms with E-state index >= 15 is 0 Å². The van der Waals surface area contributed by atoms with Gasteiger partial charge >= 0.3 is 0 Å². The van der Waals surface area contributed by atoms with Crippen LogP contribution in [0.4, 0.5) is 0 Å². The lowest BCUT2D eigenvalue weighted by Crippen LogP contribution is -2.03. The van der Waals surface area contributed by atoms with Crippen LogP contribution < -0.4 is 0 Å². The first-order valence-electron chi connectivity index (χ1n) is 5.63. The largest absolute Gasteiger partial charge is 0.504 e. The lowest BCUT2D eigenvalue weighted by molar-refractivity contribution is 0.103. The molecule has 0 aliphatic rings. The number of rotatable bonds is 2. The molecule has 92 valence electrons. The Bertz CT molecular complexity index is 615. The Morgan fingerprint density at radius 1 is 0.944 bits per heavy atom. The fourth-order valence-electron chi connectivity index (χ4n) is 1.89. The van der Waals surface area contributed by atoms with Crippen LogP contribution in [0.2, 0.25) is 0 Å². The second-order valence-electron chi connectivity index (χ2n) is 4.35. The number of hydrogen-bond acceptors (Lipinski definition) is 3. The van der Waals surface area contributed by atoms with E-state index in [0.717, 1.165) is 11.1 Å². The van der Waals surface area contributed by atoms with Gasteiger partial charge in [-0.15, -0.1) is 0 Å². The summed E-state index contributed by atoms with van der Waals surface area (Å²) in [6, 6.07) is 9.67. The summed E-state index contributed by atoms with van der Waals surface area (Å²) >= 11 is 0. The Balaban J connectivity index is 2.44. The summed E-state index contributed by atoms with van der Waals surface area (Å²) < 4.78 is 0. The van der Waals surface area contributed by atoms with E-state index in [1.54, 1.807) is 6.07 Å². The number of phenolic OH excluding ortho intramolecular Hbond substituents is 2. The number of ketones is 1. The molecule has 2 rings (SSSR count). The monoisotopic (exact) mass is 242 g/mol. The highest BCUT2D eigenvalue weighted by Gasteiger charge is 2.13. The second kappa shape index (κ2) is 4.53. The van der Waals surface area contributed by atoms with Gasteiger partial charge in [0.1, 0.15) is 0 Å². The highest BCUT2D eigenvalue weighted by atomic mass is 16.3. The van der Waals surface area contributed by atoms with Crippen molar-refractivity contribution >= 4 is 5.78 Å². The molecule has 0 fully saturated rings. The van der Waals surface area contributed by atoms with Crippen molar-refractivity contribution in [3.63, 3.8) is 0 Å². The quantitative estimate of drug-likeness (QED) is 0.628. The average molecular weight is 242 g/mol. The van der Waals surface area contributed by atoms with E-state index in [9.17, 15) is 15.0 Å². The molecule has 0 saturated carbocycles. The molecule has 0 unspecified atom stereocenters. The summed E-state index contributed by atoms with van der Waals surface area (Å²) in [7, 11) is 0. The van der Waals surface area contributed by atoms with Crippen LogP contribution in [-0.2, 0) is 0 Å². The summed E-state index contributed by atoms with van der Waals surface area (Å²) in [5.74, 6) is -0.680. The van der Waals surface area contributed by atoms with Crippen molar-refractivity contribution in [1.82, 2.24) is 0 Å². The Morgan fingerprint density at radius 2 is 1.67 bits per heavy atom. The van der Waals surface area contributed by atoms with Gasteiger partial charge < -0.3 is 10.2 Å². The molecule has 0 aliphatic heterocycles. The predicted octanol–water partition coefficient (Wildman–Crippen LogP) is 2.95. The highest BCUT2D eigenvalue weighted by Crippen LogP contribution is 2.26. The minimum absolute atomic E-state index is 0.164. The molecule has 2 aromatic carbocycles. The molecular weight excluding hydrogens is 228 g/mol. The minimum Gasteiger partial charge on any atom is -0.504 e. The van der Waals surface area contributed by atoms with Crippen LogP contribution >= 0.6 is 0 Å². The van der Waals surface area contributed by atoms with Crippen LogP contribution in [0.3, 0.4) is 0 Å². The van der Waals surface area contributed by atoms with Gasteiger partial charge in [0.15, 0.2) is 17.3 Å². The van der Waals surface area contributed by atoms with Crippen LogP contribution in [0.1, 0.15) is 27.0 Å². The third kappa shape index (κ3) is 2.20. The van der Waals surface area contributed by atoms with Crippen LogP contribution in [0.25, 0.3) is 0 Å². The van der Waals surface area contributed by atoms with Crippen LogP contribution in [0, 0.1) is 13.8 Å². The summed E-state index contributed by atoms with van der Waals surface area (Å²) in [5, 5.41) is 18.6. The predicted molar refractivity (Wildman–Crippen MR) is 69.1 cm³/mol. The number of benzene rings is 2. The second-order valence-corrected chi connectivity index (χ2v) is 4.35. The van der Waals surface area contributed by atoms with E-state index in [0.29, 0.717) is 11.1 Å². The first-order valence-corrected chi connectivity index (χ1v) is 5.63. The van der Waals surface area contributed by atoms with Gasteiger partial charge in [-0.3, -0.25) is 4.79 Å². The fourth-order valence-corrected chi connectivity index (χ4v) is 1.89. The number of carbonyl (C=O) groups excluding carboxylic acids is 1. The zero-order chi connectivity index (χ0) is 13.3. The van der Waals surface area contributed by atoms with Crippen molar-refractivity contribution < 1.29 is 15.0 Å². The topological polar surface area (TPSA) is 57.5 Å². The number of carbonyl (C=O) groups is 1. The van der Waals surface area contributed by atoms with E-state index in [1.165, 1.54) is 18.2 Å². The number of aromatic hydroxyl groups is 2. The van der Waals surface area contributed by atoms with E-state index in [4.69, 9.17) is 0 Å². The van der Waals surface area contributed by atoms with Crippen molar-refractivity contribution in [3.05, 3.63) is 58.7 Å². The minimum atomic E-state index is -0.286. The third-order valence-corrected chi connectivity index (χ3v) is 2.86. The molecule has 0 radical (unpaired) electrons. The van der Waals surface area contributed by atoms with Crippen LogP contribution in [-0.4, -0.2) is 16.0 Å². The molecule has 3 heteroatoms. The summed E-state index contributed by atoms with van der Waals surface area (Å²) in [5.41, 5.74) is 2.95. The summed E-state index contributed by atoms with van der Waals surface area (Å²) in [6.45, 7) is 3.84. The van der Waals surface area contributed by atoms with Gasteiger partial charge in [0, 0.05) is 11.1 Å². The van der Waals surface area contributed by atoms with Crippen LogP contribution in [0.15, 0.2) is 36.4 Å². The lowest BCUT2D eigenvalue weighted by Gasteiger charge is -2.07. The van der Waals surface area contributed by atoms with Crippen molar-refractivity contribution in [2.24, 2.45) is 0 Å². The third-order valence-electron chi connectivity index (χ3n) is 2.86. The van der Waals surface area contributed by atoms with Crippen molar-refractivity contribution in [3.8, 4) is 11.5 Å². The molecule has 2 N–H and O–H groups in total. The van der Waals surface area contributed by atoms with E-state index in [2.05, 4.69) is 0 Å². The number of aryl methyl sites for hydroxylation is 2. The van der Waals surface area contributed by atoms with E-state index in [-0.39, 0.29) is 17.3 Å². The molecule has 0 aromatic heterocycles. The number of hydrogen-bond donors (Lipinski definition) is 2. The molecule has 0 heterocycles. The van der Waals surface area contributed by atoms with Gasteiger partial charge in [-0.05, 0) is 37.6 Å². The molecule has 0 atom stereocenters. The molecule has 18 heavy (non-hydrogen) atoms.